The van der Waals surface area contributed by atoms with E-state index in [1.807, 2.05) is 20.8 Å². The standard InChI is InChI=1S/C16H21F2NO4/c1-4-16(2,3)15(21)19-11-5-7-12(8-6-11)22-10-14(20)23-9-13(17)18/h5-8,13H,4,9-10H2,1-3H3,(H,19,21). The minimum absolute atomic E-state index is 0.0933. The van der Waals surface area contributed by atoms with Crippen molar-refractivity contribution in [3.8, 4) is 5.75 Å². The highest BCUT2D eigenvalue weighted by atomic mass is 19.3. The molecule has 0 radical (unpaired) electrons. The number of benzene rings is 1. The zero-order valence-electron chi connectivity index (χ0n) is 13.4. The maximum atomic E-state index is 12.0. The lowest BCUT2D eigenvalue weighted by atomic mass is 9.89. The summed E-state index contributed by atoms with van der Waals surface area (Å²) in [6.07, 6.45) is -1.99. The van der Waals surface area contributed by atoms with Crippen molar-refractivity contribution in [1.82, 2.24) is 0 Å². The van der Waals surface area contributed by atoms with Gasteiger partial charge in [0.15, 0.2) is 13.2 Å². The van der Waals surface area contributed by atoms with Gasteiger partial charge in [0.2, 0.25) is 5.91 Å². The van der Waals surface area contributed by atoms with Gasteiger partial charge >= 0.3 is 5.97 Å². The van der Waals surface area contributed by atoms with Gasteiger partial charge in [0.25, 0.3) is 6.43 Å². The van der Waals surface area contributed by atoms with Gasteiger partial charge in [-0.2, -0.15) is 0 Å². The van der Waals surface area contributed by atoms with Crippen LogP contribution in [0.15, 0.2) is 24.3 Å². The minimum atomic E-state index is -2.70. The summed E-state index contributed by atoms with van der Waals surface area (Å²) in [6.45, 7) is 4.24. The topological polar surface area (TPSA) is 64.6 Å². The number of amides is 1. The predicted octanol–water partition coefficient (Wildman–Crippen LogP) is 3.25. The summed E-state index contributed by atoms with van der Waals surface area (Å²) in [5, 5.41) is 2.79. The van der Waals surface area contributed by atoms with E-state index in [9.17, 15) is 18.4 Å². The molecular formula is C16H21F2NO4. The van der Waals surface area contributed by atoms with Crippen molar-refractivity contribution in [3.05, 3.63) is 24.3 Å². The first-order valence-corrected chi connectivity index (χ1v) is 7.22. The number of carbonyl (C=O) groups excluding carboxylic acids is 2. The molecule has 0 atom stereocenters. The molecule has 0 saturated carbocycles. The van der Waals surface area contributed by atoms with E-state index in [-0.39, 0.29) is 5.91 Å². The quantitative estimate of drug-likeness (QED) is 0.744. The molecule has 23 heavy (non-hydrogen) atoms. The first kappa shape index (κ1) is 18.9. The molecule has 0 unspecified atom stereocenters. The lowest BCUT2D eigenvalue weighted by Crippen LogP contribution is -2.29. The van der Waals surface area contributed by atoms with Crippen molar-refractivity contribution in [2.45, 2.75) is 33.6 Å². The monoisotopic (exact) mass is 329 g/mol. The molecule has 0 aliphatic heterocycles. The van der Waals surface area contributed by atoms with Gasteiger partial charge in [0.1, 0.15) is 5.75 Å². The SMILES string of the molecule is CCC(C)(C)C(=O)Nc1ccc(OCC(=O)OCC(F)F)cc1. The average Bonchev–Trinajstić information content (AvgIpc) is 2.52. The third kappa shape index (κ3) is 6.63. The van der Waals surface area contributed by atoms with Gasteiger partial charge in [-0.05, 0) is 30.7 Å². The van der Waals surface area contributed by atoms with E-state index in [0.717, 1.165) is 0 Å². The fraction of sp³-hybridized carbons (Fsp3) is 0.500. The van der Waals surface area contributed by atoms with Crippen LogP contribution in [0.2, 0.25) is 0 Å². The molecular weight excluding hydrogens is 308 g/mol. The van der Waals surface area contributed by atoms with E-state index in [1.54, 1.807) is 24.3 Å². The Morgan fingerprint density at radius 2 is 1.83 bits per heavy atom. The van der Waals surface area contributed by atoms with Crippen molar-refractivity contribution >= 4 is 17.6 Å². The number of alkyl halides is 2. The summed E-state index contributed by atoms with van der Waals surface area (Å²) in [5.74, 6) is -0.594. The van der Waals surface area contributed by atoms with Gasteiger partial charge in [-0.3, -0.25) is 4.79 Å². The van der Waals surface area contributed by atoms with E-state index in [0.29, 0.717) is 17.9 Å². The molecule has 1 rings (SSSR count). The third-order valence-electron chi connectivity index (χ3n) is 3.34. The Labute approximate surface area is 134 Å². The lowest BCUT2D eigenvalue weighted by molar-refractivity contribution is -0.150. The number of anilines is 1. The van der Waals surface area contributed by atoms with Gasteiger partial charge in [0.05, 0.1) is 0 Å². The molecule has 7 heteroatoms. The Morgan fingerprint density at radius 1 is 1.22 bits per heavy atom. The van der Waals surface area contributed by atoms with Gasteiger partial charge in [-0.15, -0.1) is 0 Å². The summed E-state index contributed by atoms with van der Waals surface area (Å²) >= 11 is 0. The molecule has 1 aromatic carbocycles. The molecule has 0 spiro atoms. The number of hydrogen-bond acceptors (Lipinski definition) is 4. The Hall–Kier alpha value is -2.18. The summed E-state index contributed by atoms with van der Waals surface area (Å²) in [5.41, 5.74) is 0.132. The maximum Gasteiger partial charge on any atom is 0.344 e. The summed E-state index contributed by atoms with van der Waals surface area (Å²) < 4.78 is 33.1. The first-order chi connectivity index (χ1) is 10.7. The second-order valence-corrected chi connectivity index (χ2v) is 5.58. The number of hydrogen-bond donors (Lipinski definition) is 1. The van der Waals surface area contributed by atoms with Crippen LogP contribution in [0.5, 0.6) is 5.75 Å². The van der Waals surface area contributed by atoms with Gasteiger partial charge in [-0.25, -0.2) is 13.6 Å². The fourth-order valence-electron chi connectivity index (χ4n) is 1.44. The summed E-state index contributed by atoms with van der Waals surface area (Å²) in [7, 11) is 0. The van der Waals surface area contributed by atoms with Crippen molar-refractivity contribution in [2.24, 2.45) is 5.41 Å². The molecule has 128 valence electrons. The Balaban J connectivity index is 2.48. The molecule has 0 bridgehead atoms. The van der Waals surface area contributed by atoms with Crippen molar-refractivity contribution in [1.29, 1.82) is 0 Å². The number of rotatable bonds is 8. The van der Waals surface area contributed by atoms with Crippen molar-refractivity contribution in [2.75, 3.05) is 18.5 Å². The van der Waals surface area contributed by atoms with E-state index in [2.05, 4.69) is 10.1 Å². The second kappa shape index (κ2) is 8.45. The van der Waals surface area contributed by atoms with Crippen LogP contribution in [-0.4, -0.2) is 31.5 Å². The van der Waals surface area contributed by atoms with Crippen LogP contribution in [0, 0.1) is 5.41 Å². The molecule has 1 amide bonds. The van der Waals surface area contributed by atoms with Crippen LogP contribution in [-0.2, 0) is 14.3 Å². The Bertz CT molecular complexity index is 529. The Morgan fingerprint density at radius 3 is 2.35 bits per heavy atom. The molecule has 1 N–H and O–H groups in total. The van der Waals surface area contributed by atoms with E-state index >= 15 is 0 Å². The average molecular weight is 329 g/mol. The van der Waals surface area contributed by atoms with Crippen molar-refractivity contribution in [3.63, 3.8) is 0 Å². The lowest BCUT2D eigenvalue weighted by Gasteiger charge is -2.21. The van der Waals surface area contributed by atoms with Gasteiger partial charge in [-0.1, -0.05) is 20.8 Å². The minimum Gasteiger partial charge on any atom is -0.482 e. The summed E-state index contributed by atoms with van der Waals surface area (Å²) in [4.78, 5) is 23.2. The normalized spacial score (nSPS) is 11.2. The zero-order chi connectivity index (χ0) is 17.5. The van der Waals surface area contributed by atoms with Crippen LogP contribution in [0.4, 0.5) is 14.5 Å². The molecule has 5 nitrogen and oxygen atoms in total. The molecule has 1 aromatic rings. The molecule has 0 saturated heterocycles. The molecule has 0 aliphatic carbocycles. The van der Waals surface area contributed by atoms with Crippen LogP contribution >= 0.6 is 0 Å². The highest BCUT2D eigenvalue weighted by Gasteiger charge is 2.25. The smallest absolute Gasteiger partial charge is 0.344 e. The van der Waals surface area contributed by atoms with Crippen LogP contribution in [0.3, 0.4) is 0 Å². The molecule has 0 aromatic heterocycles. The highest BCUT2D eigenvalue weighted by Crippen LogP contribution is 2.23. The number of halogens is 2. The predicted molar refractivity (Wildman–Crippen MR) is 81.6 cm³/mol. The number of carbonyl (C=O) groups is 2. The first-order valence-electron chi connectivity index (χ1n) is 7.22. The third-order valence-corrected chi connectivity index (χ3v) is 3.34. The van der Waals surface area contributed by atoms with E-state index in [4.69, 9.17) is 4.74 Å². The zero-order valence-corrected chi connectivity index (χ0v) is 13.4. The van der Waals surface area contributed by atoms with E-state index < -0.39 is 31.0 Å². The van der Waals surface area contributed by atoms with Gasteiger partial charge < -0.3 is 14.8 Å². The van der Waals surface area contributed by atoms with Crippen LogP contribution < -0.4 is 10.1 Å². The van der Waals surface area contributed by atoms with Gasteiger partial charge in [0, 0.05) is 11.1 Å². The van der Waals surface area contributed by atoms with Crippen LogP contribution in [0.1, 0.15) is 27.2 Å². The van der Waals surface area contributed by atoms with Crippen molar-refractivity contribution < 1.29 is 27.8 Å². The van der Waals surface area contributed by atoms with E-state index in [1.165, 1.54) is 0 Å². The largest absolute Gasteiger partial charge is 0.482 e. The maximum absolute atomic E-state index is 12.0. The number of nitrogens with one attached hydrogen (secondary N) is 1. The number of ether oxygens (including phenoxy) is 2. The Kier molecular flexibility index (Phi) is 6.93. The molecule has 0 fully saturated rings. The molecule has 0 aliphatic rings. The second-order valence-electron chi connectivity index (χ2n) is 5.58. The van der Waals surface area contributed by atoms with Crippen LogP contribution in [0.25, 0.3) is 0 Å². The fourth-order valence-corrected chi connectivity index (χ4v) is 1.44. The molecule has 0 heterocycles. The summed E-state index contributed by atoms with van der Waals surface area (Å²) in [6, 6.07) is 6.39. The number of esters is 1. The highest BCUT2D eigenvalue weighted by molar-refractivity contribution is 5.94.